The Morgan fingerprint density at radius 2 is 1.24 bits per heavy atom. The van der Waals surface area contributed by atoms with Crippen LogP contribution in [0.5, 0.6) is 11.5 Å². The topological polar surface area (TPSA) is 36.4 Å². The summed E-state index contributed by atoms with van der Waals surface area (Å²) in [6.07, 6.45) is 8.31. The molecule has 0 unspecified atom stereocenters. The van der Waals surface area contributed by atoms with E-state index in [1.807, 2.05) is 12.1 Å². The van der Waals surface area contributed by atoms with E-state index in [1.54, 1.807) is 0 Å². The molecule has 6 aromatic carbocycles. The van der Waals surface area contributed by atoms with Crippen LogP contribution in [0.1, 0.15) is 111 Å². The molecule has 0 radical (unpaired) electrons. The first kappa shape index (κ1) is 46.8. The average Bonchev–Trinajstić information content (AvgIpc) is 3.87. The molecule has 6 heterocycles. The summed E-state index contributed by atoms with van der Waals surface area (Å²) in [4.78, 5) is 5.34. The maximum atomic E-state index is 6.80. The van der Waals surface area contributed by atoms with E-state index in [2.05, 4.69) is 248 Å². The molecule has 0 atom stereocenters. The predicted molar refractivity (Wildman–Crippen MR) is 288 cm³/mol. The normalized spacial score (nSPS) is 13.4. The number of aryl methyl sites for hydroxylation is 4. The van der Waals surface area contributed by atoms with E-state index < -0.39 is 0 Å². The number of hydrogen-bond donors (Lipinski definition) is 0. The molecule has 0 N–H and O–H groups in total. The molecule has 71 heavy (non-hydrogen) atoms. The molecule has 5 nitrogen and oxygen atoms in total. The van der Waals surface area contributed by atoms with Crippen molar-refractivity contribution >= 4 is 27.3 Å². The van der Waals surface area contributed by atoms with Gasteiger partial charge in [0.05, 0.1) is 0 Å². The molecule has 0 saturated heterocycles. The Hall–Kier alpha value is -6.55. The van der Waals surface area contributed by atoms with Gasteiger partial charge in [0.1, 0.15) is 0 Å². The Morgan fingerprint density at radius 1 is 0.577 bits per heavy atom. The summed E-state index contributed by atoms with van der Waals surface area (Å²) in [5, 5.41) is 2.25. The van der Waals surface area contributed by atoms with E-state index in [0.717, 1.165) is 73.9 Å². The van der Waals surface area contributed by atoms with Crippen LogP contribution in [0.4, 0.5) is 0 Å². The number of hydrogen-bond acceptors (Lipinski definition) is 2. The number of pyridine rings is 2. The summed E-state index contributed by atoms with van der Waals surface area (Å²) in [6, 6.07) is 56.3. The van der Waals surface area contributed by atoms with Crippen molar-refractivity contribution in [3.63, 3.8) is 0 Å². The van der Waals surface area contributed by atoms with Gasteiger partial charge in [-0.3, -0.25) is 0 Å². The van der Waals surface area contributed by atoms with Gasteiger partial charge in [0.25, 0.3) is 0 Å². The van der Waals surface area contributed by atoms with Crippen LogP contribution in [0.3, 0.4) is 0 Å². The summed E-state index contributed by atoms with van der Waals surface area (Å²) in [6.45, 7) is 22.8. The molecular weight excluding hydrogens is 1050 g/mol. The van der Waals surface area contributed by atoms with Gasteiger partial charge in [-0.25, -0.2) is 0 Å². The summed E-state index contributed by atoms with van der Waals surface area (Å²) in [7, 11) is 0. The number of benzene rings is 6. The Balaban J connectivity index is 1.02. The summed E-state index contributed by atoms with van der Waals surface area (Å²) < 4.78 is 14.9. The quantitative estimate of drug-likeness (QED) is 0.149. The molecule has 360 valence electrons. The minimum atomic E-state index is -0.350. The van der Waals surface area contributed by atoms with Crippen LogP contribution < -0.4 is 4.74 Å². The molecule has 0 amide bonds. The molecule has 2 aliphatic heterocycles. The summed E-state index contributed by atoms with van der Waals surface area (Å²) in [5.74, 6) is 2.07. The van der Waals surface area contributed by atoms with E-state index in [0.29, 0.717) is 11.5 Å². The Bertz CT molecular complexity index is 3760. The number of nitrogens with zero attached hydrogens (tertiary/aromatic N) is 4. The second kappa shape index (κ2) is 17.6. The van der Waals surface area contributed by atoms with Gasteiger partial charge in [-0.2, -0.15) is 0 Å². The Morgan fingerprint density at radius 3 is 1.96 bits per heavy atom. The molecule has 4 aromatic heterocycles. The number of imidazole rings is 1. The molecule has 0 saturated carbocycles. The zero-order chi connectivity index (χ0) is 49.6. The van der Waals surface area contributed by atoms with E-state index in [4.69, 9.17) is 9.72 Å². The second-order valence-corrected chi connectivity index (χ2v) is 23.3. The number of ether oxygens (including phenoxy) is 1. The van der Waals surface area contributed by atoms with Gasteiger partial charge in [-0.05, 0) is 38.6 Å². The monoisotopic (exact) mass is 1110 g/mol. The number of aromatic nitrogens is 4. The molecule has 0 fully saturated rings. The van der Waals surface area contributed by atoms with E-state index in [-0.39, 0.29) is 16.2 Å². The second-order valence-electron chi connectivity index (χ2n) is 22.3. The first-order valence-corrected chi connectivity index (χ1v) is 26.2. The fourth-order valence-corrected chi connectivity index (χ4v) is 11.8. The standard InChI is InChI=1S/C65H62N4O.Pt/c1-42-43(2)45-20-19-44(42)21-22-47-26-31-51(30-25-45)68-41-67(40-61(47)68)52-17-14-18-53(36-52)70-54-32-33-55-56-35-50(64(6,7)8)29-34-59(56)69(60(55)37-54)62-38-58(65(9,10)49-15-12-11-13-16-49)57(39-66-62)46-23-27-48(28-24-46)63(3,4)5;/h11-20,23-24,26-29,31-35,38-40H,21-22,25,30H2,1-10H3;/q-2;. The molecule has 4 bridgehead atoms. The fourth-order valence-electron chi connectivity index (χ4n) is 10.8. The van der Waals surface area contributed by atoms with Crippen molar-refractivity contribution in [1.82, 2.24) is 18.5 Å². The van der Waals surface area contributed by atoms with E-state index in [1.165, 1.54) is 61.3 Å². The Kier molecular flexibility index (Phi) is 11.6. The fraction of sp³-hybridized carbons (Fsp3) is 0.262. The zero-order valence-corrected chi connectivity index (χ0v) is 45.0. The van der Waals surface area contributed by atoms with Crippen LogP contribution in [0.25, 0.3) is 50.0 Å². The first-order chi connectivity index (χ1) is 33.9. The van der Waals surface area contributed by atoms with Crippen molar-refractivity contribution in [2.75, 3.05) is 0 Å². The van der Waals surface area contributed by atoms with Gasteiger partial charge in [0.15, 0.2) is 0 Å². The third-order valence-electron chi connectivity index (χ3n) is 15.4. The molecule has 14 rings (SSSR count). The van der Waals surface area contributed by atoms with Crippen molar-refractivity contribution in [1.29, 1.82) is 0 Å². The third-order valence-corrected chi connectivity index (χ3v) is 16.4. The SMILES string of the molecule is Cc1c2ccc(c1C)CCc1ccc(c3cn(-c4[c-]c(Oc5[c-]c6c(cc5)c5cc(C(C)(C)C)ccc5n6-c5cc(C(C)(C)c6ccccc6)c(-c6ccc(C(C)(C)C)cc6)cn5)ccc4)[c](=[Pt])n13)CC2. The molecule has 2 aliphatic carbocycles. The minimum absolute atomic E-state index is 0.0326. The summed E-state index contributed by atoms with van der Waals surface area (Å²) in [5.41, 5.74) is 19.5. The molecule has 10 aromatic rings. The van der Waals surface area contributed by atoms with Gasteiger partial charge in [-0.1, -0.05) is 116 Å². The van der Waals surface area contributed by atoms with Gasteiger partial charge < -0.3 is 0 Å². The van der Waals surface area contributed by atoms with Crippen molar-refractivity contribution in [2.45, 2.75) is 111 Å². The predicted octanol–water partition coefficient (Wildman–Crippen LogP) is 15.8. The Labute approximate surface area is 430 Å². The van der Waals surface area contributed by atoms with Gasteiger partial charge in [0, 0.05) is 17.2 Å². The molecular formula is C65H62N4OPt-2. The van der Waals surface area contributed by atoms with E-state index in [9.17, 15) is 0 Å². The van der Waals surface area contributed by atoms with Gasteiger partial charge in [-0.15, -0.1) is 0 Å². The van der Waals surface area contributed by atoms with Crippen LogP contribution in [-0.2, 0) is 61.3 Å². The first-order valence-electron chi connectivity index (χ1n) is 25.1. The molecule has 0 spiro atoms. The summed E-state index contributed by atoms with van der Waals surface area (Å²) >= 11 is 2.49. The number of fused-ring (bicyclic) bond motifs is 3. The van der Waals surface area contributed by atoms with Crippen LogP contribution in [-0.4, -0.2) is 18.5 Å². The van der Waals surface area contributed by atoms with Gasteiger partial charge >= 0.3 is 261 Å². The van der Waals surface area contributed by atoms with Crippen LogP contribution >= 0.6 is 0 Å². The average molecular weight is 1110 g/mol. The third kappa shape index (κ3) is 8.44. The van der Waals surface area contributed by atoms with Gasteiger partial charge in [0.2, 0.25) is 0 Å². The van der Waals surface area contributed by atoms with E-state index >= 15 is 0 Å². The zero-order valence-electron chi connectivity index (χ0n) is 42.7. The van der Waals surface area contributed by atoms with Crippen molar-refractivity contribution in [3.8, 4) is 34.1 Å². The van der Waals surface area contributed by atoms with Crippen molar-refractivity contribution < 1.29 is 24.1 Å². The molecule has 6 heteroatoms. The van der Waals surface area contributed by atoms with Crippen molar-refractivity contribution in [2.24, 2.45) is 0 Å². The van der Waals surface area contributed by atoms with Crippen LogP contribution in [0, 0.1) is 29.8 Å². The van der Waals surface area contributed by atoms with Crippen LogP contribution in [0.15, 0.2) is 146 Å². The number of rotatable bonds is 7. The molecule has 4 aliphatic rings. The maximum absolute atomic E-state index is 6.80. The van der Waals surface area contributed by atoms with Crippen LogP contribution in [0.2, 0.25) is 0 Å². The van der Waals surface area contributed by atoms with Crippen molar-refractivity contribution in [3.05, 3.63) is 218 Å².